The Morgan fingerprint density at radius 2 is 1.83 bits per heavy atom. The van der Waals surface area contributed by atoms with Crippen LogP contribution < -0.4 is 5.32 Å². The zero-order valence-electron chi connectivity index (χ0n) is 20.0. The first-order chi connectivity index (χ1) is 16.9. The predicted octanol–water partition coefficient (Wildman–Crippen LogP) is 4.40. The maximum absolute atomic E-state index is 13.2. The first-order valence-corrected chi connectivity index (χ1v) is 12.0. The molecule has 0 unspecified atom stereocenters. The highest BCUT2D eigenvalue weighted by atomic mass is 19.1. The van der Waals surface area contributed by atoms with Crippen LogP contribution in [-0.4, -0.2) is 39.4 Å². The van der Waals surface area contributed by atoms with E-state index < -0.39 is 0 Å². The van der Waals surface area contributed by atoms with Crippen LogP contribution in [0.15, 0.2) is 48.8 Å². The second-order valence-electron chi connectivity index (χ2n) is 9.42. The highest BCUT2D eigenvalue weighted by molar-refractivity contribution is 5.95. The smallest absolute Gasteiger partial charge is 0.274 e. The summed E-state index contributed by atoms with van der Waals surface area (Å²) in [7, 11) is 0. The van der Waals surface area contributed by atoms with Crippen LogP contribution in [0.4, 0.5) is 10.1 Å². The van der Waals surface area contributed by atoms with E-state index in [0.717, 1.165) is 28.1 Å². The number of aromatic nitrogens is 2. The quantitative estimate of drug-likeness (QED) is 0.606. The van der Waals surface area contributed by atoms with Crippen molar-refractivity contribution in [2.45, 2.75) is 45.9 Å². The van der Waals surface area contributed by atoms with Crippen molar-refractivity contribution in [1.82, 2.24) is 14.5 Å². The second kappa shape index (κ2) is 9.62. The Labute approximate surface area is 203 Å². The third kappa shape index (κ3) is 4.84. The molecule has 3 aromatic rings. The van der Waals surface area contributed by atoms with Crippen LogP contribution in [0.25, 0.3) is 0 Å². The van der Waals surface area contributed by atoms with E-state index in [1.54, 1.807) is 23.4 Å². The van der Waals surface area contributed by atoms with Gasteiger partial charge in [0.1, 0.15) is 11.9 Å². The minimum atomic E-state index is -0.285. The van der Waals surface area contributed by atoms with Crippen LogP contribution in [0.5, 0.6) is 0 Å². The Morgan fingerprint density at radius 3 is 2.54 bits per heavy atom. The van der Waals surface area contributed by atoms with Crippen molar-refractivity contribution in [3.63, 3.8) is 0 Å². The lowest BCUT2D eigenvalue weighted by Gasteiger charge is -2.31. The third-order valence-corrected chi connectivity index (χ3v) is 6.97. The van der Waals surface area contributed by atoms with Gasteiger partial charge in [-0.3, -0.25) is 9.59 Å². The predicted molar refractivity (Wildman–Crippen MR) is 129 cm³/mol. The topological polar surface area (TPSA) is 76.5 Å². The van der Waals surface area contributed by atoms with Gasteiger partial charge in [0.2, 0.25) is 5.91 Å². The molecule has 1 fully saturated rings. The molecular weight excluding hydrogens is 447 g/mol. The number of nitrogens with one attached hydrogen (secondary N) is 1. The highest BCUT2D eigenvalue weighted by Crippen LogP contribution is 2.29. The van der Waals surface area contributed by atoms with E-state index >= 15 is 0 Å². The number of carbonyl (C=O) groups is 2. The molecule has 0 spiro atoms. The Hall–Kier alpha value is -3.52. The van der Waals surface area contributed by atoms with E-state index in [1.807, 2.05) is 36.6 Å². The van der Waals surface area contributed by atoms with Crippen LogP contribution in [-0.2, 0) is 22.7 Å². The van der Waals surface area contributed by atoms with E-state index in [0.29, 0.717) is 38.2 Å². The van der Waals surface area contributed by atoms with Gasteiger partial charge in [0.15, 0.2) is 5.69 Å². The second-order valence-corrected chi connectivity index (χ2v) is 9.42. The van der Waals surface area contributed by atoms with Crippen LogP contribution in [0, 0.1) is 25.6 Å². The molecule has 3 heterocycles. The SMILES string of the molecule is Cc1ccc(NC(=O)C2CCN(C(=O)c3ncn4c3CO[C@@H](c3ccc(F)cc3)C4)CC2)c(C)c1. The average molecular weight is 477 g/mol. The number of aryl methyl sites for hydroxylation is 2. The summed E-state index contributed by atoms with van der Waals surface area (Å²) in [6, 6.07) is 12.2. The number of ether oxygens (including phenoxy) is 1. The molecule has 5 rings (SSSR count). The molecular formula is C27H29FN4O3. The lowest BCUT2D eigenvalue weighted by Crippen LogP contribution is -2.42. The number of halogens is 1. The minimum absolute atomic E-state index is 0.00339. The number of anilines is 1. The van der Waals surface area contributed by atoms with Gasteiger partial charge in [-0.05, 0) is 56.0 Å². The number of carbonyl (C=O) groups excluding carboxylic acids is 2. The number of likely N-dealkylation sites (tertiary alicyclic amines) is 1. The number of nitrogens with zero attached hydrogens (tertiary/aromatic N) is 3. The number of hydrogen-bond acceptors (Lipinski definition) is 4. The number of fused-ring (bicyclic) bond motifs is 1. The molecule has 35 heavy (non-hydrogen) atoms. The average Bonchev–Trinajstić information content (AvgIpc) is 3.29. The van der Waals surface area contributed by atoms with Crippen molar-refractivity contribution < 1.29 is 18.7 Å². The number of amides is 2. The standard InChI is InChI=1S/C27H29FN4O3/c1-17-3-8-22(18(2)13-17)30-26(33)20-9-11-31(12-10-20)27(34)25-23-15-35-24(14-32(23)16-29-25)19-4-6-21(28)7-5-19/h3-8,13,16,20,24H,9-12,14-15H2,1-2H3,(H,30,33)/t24-/m1/s1. The molecule has 0 aliphatic carbocycles. The lowest BCUT2D eigenvalue weighted by atomic mass is 9.95. The number of rotatable bonds is 4. The molecule has 1 N–H and O–H groups in total. The number of benzene rings is 2. The number of imidazole rings is 1. The van der Waals surface area contributed by atoms with Crippen molar-refractivity contribution in [2.75, 3.05) is 18.4 Å². The van der Waals surface area contributed by atoms with Gasteiger partial charge < -0.3 is 19.5 Å². The molecule has 0 radical (unpaired) electrons. The van der Waals surface area contributed by atoms with E-state index in [9.17, 15) is 14.0 Å². The van der Waals surface area contributed by atoms with Crippen LogP contribution in [0.2, 0.25) is 0 Å². The van der Waals surface area contributed by atoms with Crippen molar-refractivity contribution in [1.29, 1.82) is 0 Å². The van der Waals surface area contributed by atoms with Gasteiger partial charge in [0.25, 0.3) is 5.91 Å². The fourth-order valence-electron chi connectivity index (χ4n) is 4.87. The Bertz CT molecular complexity index is 1250. The molecule has 2 aliphatic rings. The summed E-state index contributed by atoms with van der Waals surface area (Å²) >= 11 is 0. The zero-order valence-corrected chi connectivity index (χ0v) is 20.0. The summed E-state index contributed by atoms with van der Waals surface area (Å²) in [5, 5.41) is 3.04. The number of piperidine rings is 1. The maximum atomic E-state index is 13.2. The van der Waals surface area contributed by atoms with Crippen molar-refractivity contribution in [2.24, 2.45) is 5.92 Å². The Balaban J connectivity index is 1.19. The fraction of sp³-hybridized carbons (Fsp3) is 0.370. The van der Waals surface area contributed by atoms with E-state index in [4.69, 9.17) is 4.74 Å². The van der Waals surface area contributed by atoms with Gasteiger partial charge in [-0.2, -0.15) is 0 Å². The Morgan fingerprint density at radius 1 is 1.09 bits per heavy atom. The number of hydrogen-bond donors (Lipinski definition) is 1. The summed E-state index contributed by atoms with van der Waals surface area (Å²) in [5.74, 6) is -0.540. The van der Waals surface area contributed by atoms with Gasteiger partial charge >= 0.3 is 0 Å². The zero-order chi connectivity index (χ0) is 24.5. The lowest BCUT2D eigenvalue weighted by molar-refractivity contribution is -0.121. The maximum Gasteiger partial charge on any atom is 0.274 e. The minimum Gasteiger partial charge on any atom is -0.365 e. The van der Waals surface area contributed by atoms with Crippen LogP contribution >= 0.6 is 0 Å². The summed E-state index contributed by atoms with van der Waals surface area (Å²) < 4.78 is 21.2. The van der Waals surface area contributed by atoms with Crippen molar-refractivity contribution in [3.8, 4) is 0 Å². The van der Waals surface area contributed by atoms with Gasteiger partial charge in [-0.1, -0.05) is 29.8 Å². The van der Waals surface area contributed by atoms with Crippen LogP contribution in [0.3, 0.4) is 0 Å². The van der Waals surface area contributed by atoms with E-state index in [1.165, 1.54) is 12.1 Å². The molecule has 8 heteroatoms. The van der Waals surface area contributed by atoms with E-state index in [-0.39, 0.29) is 36.3 Å². The largest absolute Gasteiger partial charge is 0.365 e. The summed E-state index contributed by atoms with van der Waals surface area (Å²) in [4.78, 5) is 32.2. The first-order valence-electron chi connectivity index (χ1n) is 12.0. The highest BCUT2D eigenvalue weighted by Gasteiger charge is 2.32. The Kier molecular flexibility index (Phi) is 6.38. The molecule has 0 bridgehead atoms. The van der Waals surface area contributed by atoms with Gasteiger partial charge in [0, 0.05) is 24.7 Å². The van der Waals surface area contributed by atoms with Crippen LogP contribution in [0.1, 0.15) is 51.8 Å². The van der Waals surface area contributed by atoms with Crippen molar-refractivity contribution >= 4 is 17.5 Å². The fourth-order valence-corrected chi connectivity index (χ4v) is 4.87. The molecule has 2 aromatic carbocycles. The molecule has 2 amide bonds. The third-order valence-electron chi connectivity index (χ3n) is 6.97. The summed E-state index contributed by atoms with van der Waals surface area (Å²) in [6.45, 7) is 5.81. The molecule has 7 nitrogen and oxygen atoms in total. The monoisotopic (exact) mass is 476 g/mol. The van der Waals surface area contributed by atoms with Crippen molar-refractivity contribution in [3.05, 3.63) is 82.7 Å². The van der Waals surface area contributed by atoms with Gasteiger partial charge in [-0.15, -0.1) is 0 Å². The molecule has 1 aromatic heterocycles. The molecule has 0 saturated carbocycles. The summed E-state index contributed by atoms with van der Waals surface area (Å²) in [6.07, 6.45) is 2.68. The van der Waals surface area contributed by atoms with Gasteiger partial charge in [0.05, 0.1) is 25.2 Å². The molecule has 1 saturated heterocycles. The van der Waals surface area contributed by atoms with E-state index in [2.05, 4.69) is 10.3 Å². The molecule has 182 valence electrons. The summed E-state index contributed by atoms with van der Waals surface area (Å²) in [5.41, 5.74) is 5.08. The first kappa shape index (κ1) is 23.2. The van der Waals surface area contributed by atoms with Gasteiger partial charge in [-0.25, -0.2) is 9.37 Å². The molecule has 1 atom stereocenters. The molecule has 2 aliphatic heterocycles. The normalized spacial score (nSPS) is 18.3.